The van der Waals surface area contributed by atoms with Gasteiger partial charge >= 0.3 is 0 Å². The van der Waals surface area contributed by atoms with Crippen molar-refractivity contribution in [2.45, 2.75) is 46.1 Å². The molecule has 4 nitrogen and oxygen atoms in total. The maximum absolute atomic E-state index is 11.6. The topological polar surface area (TPSA) is 58.2 Å². The molecule has 0 aromatic rings. The van der Waals surface area contributed by atoms with Crippen LogP contribution < -0.4 is 10.6 Å². The molecule has 5 heteroatoms. The van der Waals surface area contributed by atoms with E-state index in [-0.39, 0.29) is 11.7 Å². The largest absolute Gasteiger partial charge is 0.355 e. The Morgan fingerprint density at radius 1 is 1.35 bits per heavy atom. The van der Waals surface area contributed by atoms with E-state index in [4.69, 9.17) is 0 Å². The fraction of sp³-hybridized carbons (Fsp3) is 0.917. The molecule has 0 bridgehead atoms. The van der Waals surface area contributed by atoms with Gasteiger partial charge in [0.2, 0.25) is 5.91 Å². The average molecular weight is 262 g/mol. The third-order valence-corrected chi connectivity index (χ3v) is 3.75. The Kier molecular flexibility index (Phi) is 10.5. The molecule has 2 N–H and O–H groups in total. The van der Waals surface area contributed by atoms with Crippen LogP contribution in [0.3, 0.4) is 0 Å². The molecule has 0 aromatic carbocycles. The molecule has 0 heterocycles. The lowest BCUT2D eigenvalue weighted by molar-refractivity contribution is -0.118. The number of carbonyl (C=O) groups excluding carboxylic acids is 1. The number of hydrogen-bond donors (Lipinski definition) is 2. The summed E-state index contributed by atoms with van der Waals surface area (Å²) in [6, 6.07) is 0.464. The molecule has 0 rings (SSSR count). The van der Waals surface area contributed by atoms with Gasteiger partial charge < -0.3 is 10.6 Å². The van der Waals surface area contributed by atoms with Crippen LogP contribution in [-0.4, -0.2) is 40.8 Å². The Morgan fingerprint density at radius 2 is 2.06 bits per heavy atom. The summed E-state index contributed by atoms with van der Waals surface area (Å²) < 4.78 is 11.6. The number of carbonyl (C=O) groups is 1. The lowest BCUT2D eigenvalue weighted by Gasteiger charge is -2.11. The van der Waals surface area contributed by atoms with Gasteiger partial charge in [-0.3, -0.25) is 9.00 Å². The van der Waals surface area contributed by atoms with Crippen molar-refractivity contribution in [3.8, 4) is 0 Å². The molecule has 0 radical (unpaired) electrons. The van der Waals surface area contributed by atoms with Gasteiger partial charge in [0.15, 0.2) is 0 Å². The second-order valence-electron chi connectivity index (χ2n) is 4.24. The van der Waals surface area contributed by atoms with Gasteiger partial charge in [-0.15, -0.1) is 0 Å². The summed E-state index contributed by atoms with van der Waals surface area (Å²) in [4.78, 5) is 11.3. The van der Waals surface area contributed by atoms with Gasteiger partial charge in [0.25, 0.3) is 0 Å². The quantitative estimate of drug-likeness (QED) is 0.618. The minimum Gasteiger partial charge on any atom is -0.355 e. The summed E-state index contributed by atoms with van der Waals surface area (Å²) in [5.41, 5.74) is 0. The molecule has 2 unspecified atom stereocenters. The van der Waals surface area contributed by atoms with Crippen LogP contribution in [0.15, 0.2) is 0 Å². The highest BCUT2D eigenvalue weighted by molar-refractivity contribution is 7.85. The summed E-state index contributed by atoms with van der Waals surface area (Å²) >= 11 is 0. The number of nitrogens with one attached hydrogen (secondary N) is 2. The van der Waals surface area contributed by atoms with E-state index in [9.17, 15) is 9.00 Å². The van der Waals surface area contributed by atoms with Crippen LogP contribution >= 0.6 is 0 Å². The molecule has 0 aromatic heterocycles. The molecule has 0 aliphatic rings. The second kappa shape index (κ2) is 10.7. The first kappa shape index (κ1) is 16.6. The predicted octanol–water partition coefficient (Wildman–Crippen LogP) is 1.04. The summed E-state index contributed by atoms with van der Waals surface area (Å²) in [6.45, 7) is 7.84. The molecule has 2 atom stereocenters. The maximum atomic E-state index is 11.6. The van der Waals surface area contributed by atoms with Gasteiger partial charge in [0, 0.05) is 29.1 Å². The highest BCUT2D eigenvalue weighted by Crippen LogP contribution is 1.98. The summed E-state index contributed by atoms with van der Waals surface area (Å²) in [5.74, 6) is 0.676. The average Bonchev–Trinajstić information content (AvgIpc) is 2.26. The number of amides is 1. The first-order valence-corrected chi connectivity index (χ1v) is 7.94. The van der Waals surface area contributed by atoms with Crippen molar-refractivity contribution >= 4 is 16.7 Å². The first-order valence-electron chi connectivity index (χ1n) is 6.45. The highest BCUT2D eigenvalue weighted by Gasteiger charge is 2.08. The van der Waals surface area contributed by atoms with Gasteiger partial charge in [0.05, 0.1) is 0 Å². The summed E-state index contributed by atoms with van der Waals surface area (Å²) in [5, 5.41) is 6.05. The molecule has 102 valence electrons. The lowest BCUT2D eigenvalue weighted by Crippen LogP contribution is -2.30. The van der Waals surface area contributed by atoms with Crippen LogP contribution in [0.4, 0.5) is 0 Å². The van der Waals surface area contributed by atoms with Crippen molar-refractivity contribution in [1.82, 2.24) is 10.6 Å². The van der Waals surface area contributed by atoms with Gasteiger partial charge in [-0.2, -0.15) is 0 Å². The smallest absolute Gasteiger partial charge is 0.232 e. The van der Waals surface area contributed by atoms with E-state index >= 15 is 0 Å². The van der Waals surface area contributed by atoms with Crippen LogP contribution in [0, 0.1) is 0 Å². The summed E-state index contributed by atoms with van der Waals surface area (Å²) in [7, 11) is -1.01. The molecular formula is C12H26N2O2S. The zero-order valence-electron chi connectivity index (χ0n) is 11.3. The zero-order valence-corrected chi connectivity index (χ0v) is 12.1. The van der Waals surface area contributed by atoms with Crippen LogP contribution in [-0.2, 0) is 15.6 Å². The Labute approximate surface area is 107 Å². The third kappa shape index (κ3) is 10.5. The molecule has 0 aliphatic carbocycles. The highest BCUT2D eigenvalue weighted by atomic mass is 32.2. The molecule has 1 amide bonds. The van der Waals surface area contributed by atoms with E-state index in [1.807, 2.05) is 6.92 Å². The van der Waals surface area contributed by atoms with Crippen LogP contribution in [0.25, 0.3) is 0 Å². The van der Waals surface area contributed by atoms with E-state index in [0.29, 0.717) is 18.3 Å². The SMILES string of the molecule is CCCNC(=O)CS(=O)CCCC(C)NCC. The Morgan fingerprint density at radius 3 is 2.65 bits per heavy atom. The standard InChI is InChI=1S/C12H26N2O2S/c1-4-8-14-12(15)10-17(16)9-6-7-11(3)13-5-2/h11,13H,4-10H2,1-3H3,(H,14,15). The summed E-state index contributed by atoms with van der Waals surface area (Å²) in [6.07, 6.45) is 2.83. The molecule has 17 heavy (non-hydrogen) atoms. The van der Waals surface area contributed by atoms with E-state index in [1.165, 1.54) is 0 Å². The van der Waals surface area contributed by atoms with Crippen molar-refractivity contribution in [3.05, 3.63) is 0 Å². The van der Waals surface area contributed by atoms with E-state index in [0.717, 1.165) is 25.8 Å². The van der Waals surface area contributed by atoms with Gasteiger partial charge in [-0.25, -0.2) is 0 Å². The van der Waals surface area contributed by atoms with E-state index in [2.05, 4.69) is 24.5 Å². The molecule has 0 saturated heterocycles. The maximum Gasteiger partial charge on any atom is 0.232 e. The molecule has 0 spiro atoms. The van der Waals surface area contributed by atoms with E-state index < -0.39 is 10.8 Å². The van der Waals surface area contributed by atoms with Gasteiger partial charge in [0.1, 0.15) is 5.75 Å². The van der Waals surface area contributed by atoms with Crippen molar-refractivity contribution in [1.29, 1.82) is 0 Å². The minimum atomic E-state index is -1.01. The van der Waals surface area contributed by atoms with Crippen molar-refractivity contribution in [3.63, 3.8) is 0 Å². The number of hydrogen-bond acceptors (Lipinski definition) is 3. The molecule has 0 fully saturated rings. The zero-order chi connectivity index (χ0) is 13.1. The lowest BCUT2D eigenvalue weighted by atomic mass is 10.2. The first-order chi connectivity index (χ1) is 8.10. The molecule has 0 saturated carbocycles. The van der Waals surface area contributed by atoms with E-state index in [1.54, 1.807) is 0 Å². The molecular weight excluding hydrogens is 236 g/mol. The fourth-order valence-corrected chi connectivity index (χ4v) is 2.56. The second-order valence-corrected chi connectivity index (χ2v) is 5.82. The Bertz CT molecular complexity index is 235. The number of rotatable bonds is 10. The predicted molar refractivity (Wildman–Crippen MR) is 73.5 cm³/mol. The van der Waals surface area contributed by atoms with Gasteiger partial charge in [-0.05, 0) is 32.7 Å². The Balaban J connectivity index is 3.55. The fourth-order valence-electron chi connectivity index (χ4n) is 1.53. The van der Waals surface area contributed by atoms with Crippen LogP contribution in [0.1, 0.15) is 40.0 Å². The molecule has 0 aliphatic heterocycles. The Hall–Kier alpha value is -0.420. The van der Waals surface area contributed by atoms with Crippen LogP contribution in [0.5, 0.6) is 0 Å². The van der Waals surface area contributed by atoms with Crippen LogP contribution in [0.2, 0.25) is 0 Å². The monoisotopic (exact) mass is 262 g/mol. The van der Waals surface area contributed by atoms with Crippen molar-refractivity contribution < 1.29 is 9.00 Å². The van der Waals surface area contributed by atoms with Crippen molar-refractivity contribution in [2.75, 3.05) is 24.6 Å². The van der Waals surface area contributed by atoms with Crippen molar-refractivity contribution in [2.24, 2.45) is 0 Å². The van der Waals surface area contributed by atoms with Gasteiger partial charge in [-0.1, -0.05) is 13.8 Å². The normalized spacial score (nSPS) is 14.3. The minimum absolute atomic E-state index is 0.0927. The third-order valence-electron chi connectivity index (χ3n) is 2.43.